The first-order valence-corrected chi connectivity index (χ1v) is 9.27. The van der Waals surface area contributed by atoms with Gasteiger partial charge in [-0.25, -0.2) is 0 Å². The molecule has 3 aromatic rings. The summed E-state index contributed by atoms with van der Waals surface area (Å²) in [6.07, 6.45) is 3.55. The van der Waals surface area contributed by atoms with Crippen LogP contribution in [0, 0.1) is 0 Å². The molecule has 2 N–H and O–H groups in total. The number of benzene rings is 2. The van der Waals surface area contributed by atoms with E-state index in [9.17, 15) is 4.79 Å². The Kier molecular flexibility index (Phi) is 7.08. The second-order valence-electron chi connectivity index (χ2n) is 6.27. The zero-order valence-electron chi connectivity index (χ0n) is 16.1. The highest BCUT2D eigenvalue weighted by Crippen LogP contribution is 2.22. The van der Waals surface area contributed by atoms with Crippen LogP contribution in [-0.2, 0) is 16.1 Å². The number of carboxylic acid groups (broad SMARTS) is 1. The number of carbonyl (C=O) groups is 1. The molecular weight excluding hydrogens is 370 g/mol. The van der Waals surface area contributed by atoms with Gasteiger partial charge in [-0.05, 0) is 42.3 Å². The number of aliphatic carboxylic acids is 1. The molecule has 1 aromatic heterocycles. The molecule has 0 unspecified atom stereocenters. The zero-order valence-corrected chi connectivity index (χ0v) is 16.1. The summed E-state index contributed by atoms with van der Waals surface area (Å²) in [6, 6.07) is 18.8. The van der Waals surface area contributed by atoms with E-state index < -0.39 is 5.97 Å². The van der Waals surface area contributed by atoms with E-state index >= 15 is 0 Å². The average molecular weight is 393 g/mol. The summed E-state index contributed by atoms with van der Waals surface area (Å²) in [5.41, 5.74) is 6.49. The molecule has 0 aliphatic carbocycles. The van der Waals surface area contributed by atoms with Crippen molar-refractivity contribution in [1.29, 1.82) is 0 Å². The molecule has 29 heavy (non-hydrogen) atoms. The molecule has 6 heteroatoms. The van der Waals surface area contributed by atoms with Gasteiger partial charge in [-0.1, -0.05) is 42.5 Å². The monoisotopic (exact) mass is 393 g/mol. The minimum Gasteiger partial charge on any atom is -0.491 e. The van der Waals surface area contributed by atoms with Crippen LogP contribution >= 0.6 is 0 Å². The molecule has 6 nitrogen and oxygen atoms in total. The van der Waals surface area contributed by atoms with Gasteiger partial charge >= 0.3 is 5.97 Å². The van der Waals surface area contributed by atoms with E-state index in [1.54, 1.807) is 30.5 Å². The van der Waals surface area contributed by atoms with E-state index in [-0.39, 0.29) is 6.42 Å². The van der Waals surface area contributed by atoms with Crippen molar-refractivity contribution in [1.82, 2.24) is 5.48 Å². The van der Waals surface area contributed by atoms with E-state index in [1.807, 2.05) is 49.4 Å². The van der Waals surface area contributed by atoms with Crippen LogP contribution in [0.1, 0.15) is 18.1 Å². The number of allylic oxidation sites excluding steroid dienone is 1. The van der Waals surface area contributed by atoms with Crippen molar-refractivity contribution in [3.63, 3.8) is 0 Å². The number of hydrogen-bond donors (Lipinski definition) is 2. The number of hydrogen-bond acceptors (Lipinski definition) is 5. The smallest absolute Gasteiger partial charge is 0.307 e. The Morgan fingerprint density at radius 3 is 2.62 bits per heavy atom. The van der Waals surface area contributed by atoms with Crippen molar-refractivity contribution in [3.05, 3.63) is 84.1 Å². The lowest BCUT2D eigenvalue weighted by atomic mass is 10.1. The highest BCUT2D eigenvalue weighted by Gasteiger charge is 2.05. The van der Waals surface area contributed by atoms with Crippen molar-refractivity contribution < 1.29 is 23.9 Å². The van der Waals surface area contributed by atoms with Gasteiger partial charge in [0.25, 0.3) is 0 Å². The molecule has 0 bridgehead atoms. The number of furan rings is 1. The van der Waals surface area contributed by atoms with Crippen LogP contribution in [-0.4, -0.2) is 24.3 Å². The summed E-state index contributed by atoms with van der Waals surface area (Å²) in [5, 5.41) is 8.86. The summed E-state index contributed by atoms with van der Waals surface area (Å²) in [4.78, 5) is 16.3. The Labute approximate surface area is 169 Å². The fourth-order valence-corrected chi connectivity index (χ4v) is 2.79. The third-order valence-electron chi connectivity index (χ3n) is 4.18. The molecule has 150 valence electrons. The fraction of sp³-hybridized carbons (Fsp3) is 0.174. The average Bonchev–Trinajstić information content (AvgIpc) is 3.26. The molecule has 1 heterocycles. The third-order valence-corrected chi connectivity index (χ3v) is 4.18. The van der Waals surface area contributed by atoms with Crippen LogP contribution < -0.4 is 10.2 Å². The summed E-state index contributed by atoms with van der Waals surface area (Å²) < 4.78 is 11.0. The highest BCUT2D eigenvalue weighted by molar-refractivity contribution is 5.70. The fourth-order valence-electron chi connectivity index (χ4n) is 2.79. The van der Waals surface area contributed by atoms with Gasteiger partial charge in [0.1, 0.15) is 24.7 Å². The van der Waals surface area contributed by atoms with Crippen LogP contribution in [0.3, 0.4) is 0 Å². The minimum atomic E-state index is -0.870. The Morgan fingerprint density at radius 1 is 1.10 bits per heavy atom. The first kappa shape index (κ1) is 20.2. The molecule has 0 radical (unpaired) electrons. The second-order valence-corrected chi connectivity index (χ2v) is 6.27. The topological polar surface area (TPSA) is 80.9 Å². The molecule has 0 amide bonds. The first-order chi connectivity index (χ1) is 14.2. The Bertz CT molecular complexity index is 946. The molecule has 3 rings (SSSR count). The second kappa shape index (κ2) is 10.1. The lowest BCUT2D eigenvalue weighted by Gasteiger charge is -2.12. The van der Waals surface area contributed by atoms with Crippen molar-refractivity contribution in [2.24, 2.45) is 0 Å². The maximum Gasteiger partial charge on any atom is 0.307 e. The maximum absolute atomic E-state index is 10.8. The lowest BCUT2D eigenvalue weighted by molar-refractivity contribution is -0.136. The van der Waals surface area contributed by atoms with Crippen LogP contribution in [0.2, 0.25) is 0 Å². The first-order valence-electron chi connectivity index (χ1n) is 9.27. The summed E-state index contributed by atoms with van der Waals surface area (Å²) in [5.74, 6) is 0.574. The Hall–Kier alpha value is -3.51. The van der Waals surface area contributed by atoms with Crippen molar-refractivity contribution in [3.8, 4) is 17.1 Å². The van der Waals surface area contributed by atoms with Gasteiger partial charge in [-0.3, -0.25) is 15.1 Å². The van der Waals surface area contributed by atoms with Crippen LogP contribution in [0.4, 0.5) is 0 Å². The number of ether oxygens (including phenoxy) is 1. The van der Waals surface area contributed by atoms with Gasteiger partial charge < -0.3 is 14.3 Å². The molecule has 2 aromatic carbocycles. The number of carboxylic acids is 1. The summed E-state index contributed by atoms with van der Waals surface area (Å²) in [6.45, 7) is 2.58. The largest absolute Gasteiger partial charge is 0.491 e. The van der Waals surface area contributed by atoms with Gasteiger partial charge in [0, 0.05) is 5.56 Å². The minimum absolute atomic E-state index is 0.0291. The number of hydroxylamine groups is 1. The van der Waals surface area contributed by atoms with E-state index in [4.69, 9.17) is 19.1 Å². The molecule has 0 saturated heterocycles. The van der Waals surface area contributed by atoms with Crippen LogP contribution in [0.15, 0.2) is 77.4 Å². The molecule has 0 fully saturated rings. The molecule has 0 aliphatic rings. The molecule has 0 spiro atoms. The van der Waals surface area contributed by atoms with Gasteiger partial charge in [0.2, 0.25) is 0 Å². The lowest BCUT2D eigenvalue weighted by Crippen LogP contribution is -2.17. The van der Waals surface area contributed by atoms with Gasteiger partial charge in [-0.2, -0.15) is 0 Å². The third kappa shape index (κ3) is 5.99. The molecule has 0 atom stereocenters. The van der Waals surface area contributed by atoms with Crippen molar-refractivity contribution >= 4 is 11.7 Å². The maximum atomic E-state index is 10.8. The van der Waals surface area contributed by atoms with E-state index in [0.717, 1.165) is 22.6 Å². The number of rotatable bonds is 10. The predicted molar refractivity (Wildman–Crippen MR) is 110 cm³/mol. The SMILES string of the molecule is CC=C(NOCCOc1cccc(CC(=O)O)c1)c1ccc(-c2ccco2)cc1. The molecule has 0 aliphatic heterocycles. The Balaban J connectivity index is 1.45. The highest BCUT2D eigenvalue weighted by atomic mass is 16.7. The van der Waals surface area contributed by atoms with E-state index in [1.165, 1.54) is 0 Å². The quantitative estimate of drug-likeness (QED) is 0.389. The van der Waals surface area contributed by atoms with Crippen LogP contribution in [0.5, 0.6) is 5.75 Å². The standard InChI is InChI=1S/C23H23NO5/c1-2-21(18-8-10-19(11-9-18)22-7-4-12-28-22)24-29-14-13-27-20-6-3-5-17(15-20)16-23(25)26/h2-12,15,24H,13-14,16H2,1H3,(H,25,26). The van der Waals surface area contributed by atoms with Gasteiger partial charge in [0.05, 0.1) is 18.4 Å². The van der Waals surface area contributed by atoms with Crippen molar-refractivity contribution in [2.45, 2.75) is 13.3 Å². The summed E-state index contributed by atoms with van der Waals surface area (Å²) >= 11 is 0. The molecular formula is C23H23NO5. The van der Waals surface area contributed by atoms with E-state index in [2.05, 4.69) is 5.48 Å². The zero-order chi connectivity index (χ0) is 20.5. The van der Waals surface area contributed by atoms with Gasteiger partial charge in [0.15, 0.2) is 0 Å². The van der Waals surface area contributed by atoms with E-state index in [0.29, 0.717) is 24.5 Å². The van der Waals surface area contributed by atoms with Crippen molar-refractivity contribution in [2.75, 3.05) is 13.2 Å². The normalized spacial score (nSPS) is 11.3. The van der Waals surface area contributed by atoms with Gasteiger partial charge in [-0.15, -0.1) is 0 Å². The summed E-state index contributed by atoms with van der Waals surface area (Å²) in [7, 11) is 0. The molecule has 0 saturated carbocycles. The Morgan fingerprint density at radius 2 is 1.93 bits per heavy atom. The predicted octanol–water partition coefficient (Wildman–Crippen LogP) is 4.53. The van der Waals surface area contributed by atoms with Crippen LogP contribution in [0.25, 0.3) is 17.0 Å². The number of nitrogens with one attached hydrogen (secondary N) is 1.